The van der Waals surface area contributed by atoms with Gasteiger partial charge in [-0.3, -0.25) is 14.1 Å². The normalized spacial score (nSPS) is 11.5. The summed E-state index contributed by atoms with van der Waals surface area (Å²) in [6, 6.07) is 16.1. The van der Waals surface area contributed by atoms with E-state index in [0.29, 0.717) is 23.2 Å². The van der Waals surface area contributed by atoms with E-state index < -0.39 is 0 Å². The second kappa shape index (κ2) is 8.46. The zero-order valence-electron chi connectivity index (χ0n) is 20.5. The first-order chi connectivity index (χ1) is 16.9. The molecule has 5 aromatic rings. The molecule has 0 spiro atoms. The Balaban J connectivity index is 2.05. The van der Waals surface area contributed by atoms with Gasteiger partial charge in [0.2, 0.25) is 0 Å². The number of methoxy groups -OCH3 is 1. The molecule has 3 aromatic carbocycles. The van der Waals surface area contributed by atoms with Gasteiger partial charge in [0.1, 0.15) is 11.4 Å². The molecule has 0 aliphatic carbocycles. The van der Waals surface area contributed by atoms with Crippen LogP contribution >= 0.6 is 0 Å². The number of fused-ring (bicyclic) bond motifs is 6. The molecule has 2 heterocycles. The summed E-state index contributed by atoms with van der Waals surface area (Å²) in [5.41, 5.74) is 7.10. The number of pyridine rings is 1. The Morgan fingerprint density at radius 2 is 1.49 bits per heavy atom. The average molecular weight is 459 g/mol. The lowest BCUT2D eigenvalue weighted by Crippen LogP contribution is -2.02. The Morgan fingerprint density at radius 3 is 2.09 bits per heavy atom. The van der Waals surface area contributed by atoms with Crippen molar-refractivity contribution in [1.29, 1.82) is 0 Å². The van der Waals surface area contributed by atoms with E-state index in [1.165, 1.54) is 16.7 Å². The number of benzene rings is 3. The highest BCUT2D eigenvalue weighted by atomic mass is 16.5. The molecule has 5 rings (SSSR count). The van der Waals surface area contributed by atoms with Crippen LogP contribution in [0.25, 0.3) is 48.3 Å². The smallest absolute Gasteiger partial charge is 0.196 e. The molecule has 35 heavy (non-hydrogen) atoms. The Labute approximate surface area is 205 Å². The van der Waals surface area contributed by atoms with Gasteiger partial charge in [-0.05, 0) is 58.0 Å². The van der Waals surface area contributed by atoms with Crippen molar-refractivity contribution in [2.45, 2.75) is 39.5 Å². The van der Waals surface area contributed by atoms with Crippen molar-refractivity contribution < 1.29 is 4.74 Å². The third-order valence-corrected chi connectivity index (χ3v) is 6.72. The van der Waals surface area contributed by atoms with Gasteiger partial charge in [-0.15, -0.1) is 0 Å². The van der Waals surface area contributed by atoms with Crippen molar-refractivity contribution in [3.63, 3.8) is 0 Å². The zero-order chi connectivity index (χ0) is 24.9. The summed E-state index contributed by atoms with van der Waals surface area (Å²) in [6.45, 7) is 24.2. The monoisotopic (exact) mass is 458 g/mol. The first-order valence-electron chi connectivity index (χ1n) is 11.7. The van der Waals surface area contributed by atoms with Crippen molar-refractivity contribution >= 4 is 38.7 Å². The van der Waals surface area contributed by atoms with Crippen LogP contribution in [0.15, 0.2) is 54.7 Å². The predicted molar refractivity (Wildman–Crippen MR) is 143 cm³/mol. The molecule has 0 radical (unpaired) electrons. The Bertz CT molecular complexity index is 1680. The third-order valence-electron chi connectivity index (χ3n) is 6.72. The molecular formula is C30H26N4O. The summed E-state index contributed by atoms with van der Waals surface area (Å²) in [6.07, 6.45) is 1.95. The van der Waals surface area contributed by atoms with Gasteiger partial charge in [-0.25, -0.2) is 4.98 Å². The minimum Gasteiger partial charge on any atom is -0.497 e. The van der Waals surface area contributed by atoms with E-state index in [4.69, 9.17) is 22.9 Å². The summed E-state index contributed by atoms with van der Waals surface area (Å²) in [7, 11) is 1.66. The topological polar surface area (TPSA) is 35.2 Å². The maximum atomic E-state index is 7.69. The van der Waals surface area contributed by atoms with Crippen molar-refractivity contribution in [2.75, 3.05) is 7.11 Å². The number of hydrogen-bond acceptors (Lipinski definition) is 2. The van der Waals surface area contributed by atoms with E-state index in [2.05, 4.69) is 60.0 Å². The highest BCUT2D eigenvalue weighted by Crippen LogP contribution is 2.42. The van der Waals surface area contributed by atoms with Crippen LogP contribution in [0.1, 0.15) is 50.7 Å². The minimum absolute atomic E-state index is 0.327. The molecule has 5 heteroatoms. The fourth-order valence-corrected chi connectivity index (χ4v) is 5.02. The van der Waals surface area contributed by atoms with Crippen LogP contribution in [0.5, 0.6) is 5.75 Å². The van der Waals surface area contributed by atoms with Crippen molar-refractivity contribution in [3.8, 4) is 17.0 Å². The number of imidazole rings is 1. The Kier molecular flexibility index (Phi) is 5.42. The van der Waals surface area contributed by atoms with Crippen LogP contribution in [-0.2, 0) is 0 Å². The number of hydrogen-bond donors (Lipinski definition) is 0. The Hall–Kier alpha value is -4.35. The van der Waals surface area contributed by atoms with Crippen LogP contribution < -0.4 is 4.74 Å². The summed E-state index contributed by atoms with van der Waals surface area (Å²) in [4.78, 5) is 12.2. The van der Waals surface area contributed by atoms with E-state index in [9.17, 15) is 0 Å². The molecule has 0 atom stereocenters. The summed E-state index contributed by atoms with van der Waals surface area (Å²) < 4.78 is 7.69. The number of ether oxygens (including phenoxy) is 1. The molecule has 172 valence electrons. The highest BCUT2D eigenvalue weighted by Gasteiger charge is 2.22. The highest BCUT2D eigenvalue weighted by molar-refractivity contribution is 6.14. The third kappa shape index (κ3) is 3.40. The van der Waals surface area contributed by atoms with Crippen molar-refractivity contribution in [1.82, 2.24) is 9.38 Å². The maximum Gasteiger partial charge on any atom is 0.196 e. The van der Waals surface area contributed by atoms with Gasteiger partial charge >= 0.3 is 0 Å². The van der Waals surface area contributed by atoms with Crippen LogP contribution in [0.2, 0.25) is 0 Å². The molecule has 0 N–H and O–H groups in total. The van der Waals surface area contributed by atoms with Crippen LogP contribution in [0.4, 0.5) is 11.4 Å². The molecule has 5 nitrogen and oxygen atoms in total. The molecule has 0 saturated carbocycles. The molecule has 0 bridgehead atoms. The lowest BCUT2D eigenvalue weighted by atomic mass is 9.87. The first-order valence-corrected chi connectivity index (χ1v) is 11.7. The summed E-state index contributed by atoms with van der Waals surface area (Å²) in [5.74, 6) is 1.40. The van der Waals surface area contributed by atoms with E-state index in [1.807, 2.05) is 36.5 Å². The second-order valence-corrected chi connectivity index (χ2v) is 9.42. The standard InChI is InChI=1S/C30H26N4O/c1-17(2)20-9-8-10-21(18(3)4)29(20)28-16-33-30-24-13-19(35-7)11-12-22(24)23-14-25(31-5)26(32-6)15-27(23)34(28)30/h8-18H,1-4,7H3. The lowest BCUT2D eigenvalue weighted by Gasteiger charge is -2.20. The van der Waals surface area contributed by atoms with Crippen molar-refractivity contribution in [3.05, 3.63) is 88.7 Å². The van der Waals surface area contributed by atoms with E-state index >= 15 is 0 Å². The number of aromatic nitrogens is 2. The molecule has 0 aliphatic rings. The molecule has 0 unspecified atom stereocenters. The lowest BCUT2D eigenvalue weighted by molar-refractivity contribution is 0.415. The van der Waals surface area contributed by atoms with Gasteiger partial charge in [0.15, 0.2) is 11.4 Å². The molecular weight excluding hydrogens is 432 g/mol. The quantitative estimate of drug-likeness (QED) is 0.199. The Morgan fingerprint density at radius 1 is 0.829 bits per heavy atom. The fraction of sp³-hybridized carbons (Fsp3) is 0.233. The minimum atomic E-state index is 0.327. The molecule has 0 fully saturated rings. The first kappa shape index (κ1) is 22.4. The zero-order valence-corrected chi connectivity index (χ0v) is 20.5. The van der Waals surface area contributed by atoms with Gasteiger partial charge in [-0.1, -0.05) is 52.0 Å². The summed E-state index contributed by atoms with van der Waals surface area (Å²) >= 11 is 0. The SMILES string of the molecule is [C-]#[N+]c1cc2c3ccc(OC)cc3c3ncc(-c4c(C(C)C)cccc4C(C)C)n3c2cc1[N+]#[C-]. The average Bonchev–Trinajstić information content (AvgIpc) is 3.32. The van der Waals surface area contributed by atoms with Crippen LogP contribution in [0, 0.1) is 13.1 Å². The predicted octanol–water partition coefficient (Wildman–Crippen LogP) is 8.66. The molecule has 0 saturated heterocycles. The van der Waals surface area contributed by atoms with E-state index in [-0.39, 0.29) is 0 Å². The number of rotatable bonds is 4. The number of nitrogens with zero attached hydrogens (tertiary/aromatic N) is 4. The second-order valence-electron chi connectivity index (χ2n) is 9.42. The molecule has 0 aliphatic heterocycles. The van der Waals surface area contributed by atoms with E-state index in [1.54, 1.807) is 7.11 Å². The van der Waals surface area contributed by atoms with E-state index in [0.717, 1.165) is 38.8 Å². The van der Waals surface area contributed by atoms with Crippen LogP contribution in [0.3, 0.4) is 0 Å². The van der Waals surface area contributed by atoms with Gasteiger partial charge in [0.25, 0.3) is 0 Å². The van der Waals surface area contributed by atoms with Gasteiger partial charge in [0.05, 0.1) is 32.1 Å². The fourth-order valence-electron chi connectivity index (χ4n) is 5.02. The maximum absolute atomic E-state index is 7.69. The molecule has 2 aromatic heterocycles. The van der Waals surface area contributed by atoms with Crippen LogP contribution in [-0.4, -0.2) is 16.5 Å². The van der Waals surface area contributed by atoms with Crippen molar-refractivity contribution in [2.24, 2.45) is 0 Å². The van der Waals surface area contributed by atoms with Gasteiger partial charge in [-0.2, -0.15) is 0 Å². The largest absolute Gasteiger partial charge is 0.497 e. The van der Waals surface area contributed by atoms with Gasteiger partial charge in [0, 0.05) is 16.5 Å². The summed E-state index contributed by atoms with van der Waals surface area (Å²) in [5, 5.41) is 2.84. The van der Waals surface area contributed by atoms with Gasteiger partial charge < -0.3 is 4.74 Å². The molecule has 0 amide bonds.